The molecule has 3 rings (SSSR count). The third-order valence-electron chi connectivity index (χ3n) is 3.19. The zero-order valence-electron chi connectivity index (χ0n) is 11.9. The number of carbonyl (C=O) groups is 1. The van der Waals surface area contributed by atoms with Gasteiger partial charge in [-0.2, -0.15) is 5.10 Å². The summed E-state index contributed by atoms with van der Waals surface area (Å²) in [5.41, 5.74) is 8.37. The first-order valence-corrected chi connectivity index (χ1v) is 7.83. The maximum atomic E-state index is 11.9. The van der Waals surface area contributed by atoms with Crippen LogP contribution in [0.15, 0.2) is 54.2 Å². The Hall–Kier alpha value is -2.44. The minimum atomic E-state index is -0.0860. The number of nitrogens with one attached hydrogen (secondary N) is 1. The van der Waals surface area contributed by atoms with Crippen LogP contribution in [-0.4, -0.2) is 28.8 Å². The van der Waals surface area contributed by atoms with Crippen LogP contribution in [0.25, 0.3) is 16.8 Å². The van der Waals surface area contributed by atoms with Gasteiger partial charge in [0.1, 0.15) is 0 Å². The summed E-state index contributed by atoms with van der Waals surface area (Å²) in [4.78, 5) is 12.6. The standard InChI is InChI=1S/C16H16N4OS/c17-6-7-18-16(21)15-8-12(11-22-15)13-9-19-20(10-13)14-4-2-1-3-5-14/h1-5,8-11H,6-7,17H2,(H,18,21). The third-order valence-corrected chi connectivity index (χ3v) is 4.12. The lowest BCUT2D eigenvalue weighted by molar-refractivity contribution is 0.0959. The maximum Gasteiger partial charge on any atom is 0.261 e. The number of amides is 1. The molecule has 2 heterocycles. The van der Waals surface area contributed by atoms with E-state index in [9.17, 15) is 4.79 Å². The van der Waals surface area contributed by atoms with Gasteiger partial charge in [-0.05, 0) is 29.1 Å². The molecule has 0 atom stereocenters. The van der Waals surface area contributed by atoms with Gasteiger partial charge in [0, 0.05) is 24.8 Å². The van der Waals surface area contributed by atoms with E-state index in [1.54, 1.807) is 6.20 Å². The van der Waals surface area contributed by atoms with E-state index >= 15 is 0 Å². The molecule has 2 aromatic heterocycles. The minimum Gasteiger partial charge on any atom is -0.350 e. The van der Waals surface area contributed by atoms with Gasteiger partial charge < -0.3 is 11.1 Å². The molecule has 0 saturated heterocycles. The van der Waals surface area contributed by atoms with E-state index in [1.165, 1.54) is 11.3 Å². The van der Waals surface area contributed by atoms with Crippen LogP contribution in [0, 0.1) is 0 Å². The number of carbonyl (C=O) groups excluding carboxylic acids is 1. The number of aromatic nitrogens is 2. The van der Waals surface area contributed by atoms with Gasteiger partial charge in [-0.15, -0.1) is 11.3 Å². The van der Waals surface area contributed by atoms with Crippen LogP contribution in [0.5, 0.6) is 0 Å². The summed E-state index contributed by atoms with van der Waals surface area (Å²) in [6, 6.07) is 11.8. The molecule has 1 aromatic carbocycles. The molecule has 3 N–H and O–H groups in total. The van der Waals surface area contributed by atoms with E-state index < -0.39 is 0 Å². The maximum absolute atomic E-state index is 11.9. The number of thiophene rings is 1. The fourth-order valence-electron chi connectivity index (χ4n) is 2.07. The molecule has 22 heavy (non-hydrogen) atoms. The Labute approximate surface area is 132 Å². The molecule has 0 aliphatic carbocycles. The molecule has 6 heteroatoms. The van der Waals surface area contributed by atoms with Crippen LogP contribution < -0.4 is 11.1 Å². The van der Waals surface area contributed by atoms with Crippen molar-refractivity contribution in [2.24, 2.45) is 5.73 Å². The van der Waals surface area contributed by atoms with Crippen LogP contribution in [-0.2, 0) is 0 Å². The first-order chi connectivity index (χ1) is 10.8. The van der Waals surface area contributed by atoms with Crippen molar-refractivity contribution in [3.8, 4) is 16.8 Å². The molecule has 0 unspecified atom stereocenters. The Bertz CT molecular complexity index is 763. The Kier molecular flexibility index (Phi) is 4.32. The molecule has 0 fully saturated rings. The van der Waals surface area contributed by atoms with Crippen molar-refractivity contribution < 1.29 is 4.79 Å². The van der Waals surface area contributed by atoms with Crippen molar-refractivity contribution in [2.75, 3.05) is 13.1 Å². The summed E-state index contributed by atoms with van der Waals surface area (Å²) in [5.74, 6) is -0.0860. The van der Waals surface area contributed by atoms with Crippen LogP contribution >= 0.6 is 11.3 Å². The molecular weight excluding hydrogens is 296 g/mol. The second-order valence-corrected chi connectivity index (χ2v) is 5.66. The summed E-state index contributed by atoms with van der Waals surface area (Å²) in [7, 11) is 0. The van der Waals surface area contributed by atoms with Crippen LogP contribution in [0.1, 0.15) is 9.67 Å². The summed E-state index contributed by atoms with van der Waals surface area (Å²) in [6.45, 7) is 0.922. The lowest BCUT2D eigenvalue weighted by Gasteiger charge is -1.99. The molecular formula is C16H16N4OS. The summed E-state index contributed by atoms with van der Waals surface area (Å²) < 4.78 is 1.82. The Morgan fingerprint density at radius 3 is 2.86 bits per heavy atom. The van der Waals surface area contributed by atoms with Crippen molar-refractivity contribution >= 4 is 17.2 Å². The van der Waals surface area contributed by atoms with Gasteiger partial charge in [-0.1, -0.05) is 18.2 Å². The number of hydrogen-bond acceptors (Lipinski definition) is 4. The van der Waals surface area contributed by atoms with Gasteiger partial charge in [0.2, 0.25) is 0 Å². The smallest absolute Gasteiger partial charge is 0.261 e. The molecule has 3 aromatic rings. The largest absolute Gasteiger partial charge is 0.350 e. The zero-order valence-corrected chi connectivity index (χ0v) is 12.7. The highest BCUT2D eigenvalue weighted by Crippen LogP contribution is 2.26. The van der Waals surface area contributed by atoms with Gasteiger partial charge in [-0.3, -0.25) is 4.79 Å². The number of hydrogen-bond donors (Lipinski definition) is 2. The van der Waals surface area contributed by atoms with Gasteiger partial charge in [-0.25, -0.2) is 4.68 Å². The van der Waals surface area contributed by atoms with E-state index in [0.717, 1.165) is 16.8 Å². The van der Waals surface area contributed by atoms with E-state index in [4.69, 9.17) is 5.73 Å². The third kappa shape index (κ3) is 3.08. The second-order valence-electron chi connectivity index (χ2n) is 4.75. The SMILES string of the molecule is NCCNC(=O)c1cc(-c2cnn(-c3ccccc3)c2)cs1. The molecule has 0 radical (unpaired) electrons. The van der Waals surface area contributed by atoms with Gasteiger partial charge in [0.25, 0.3) is 5.91 Å². The molecule has 0 saturated carbocycles. The van der Waals surface area contributed by atoms with Crippen molar-refractivity contribution in [3.05, 3.63) is 59.0 Å². The van der Waals surface area contributed by atoms with Crippen LogP contribution in [0.4, 0.5) is 0 Å². The topological polar surface area (TPSA) is 72.9 Å². The fraction of sp³-hybridized carbons (Fsp3) is 0.125. The molecule has 1 amide bonds. The van der Waals surface area contributed by atoms with E-state index in [0.29, 0.717) is 18.0 Å². The van der Waals surface area contributed by atoms with Crippen molar-refractivity contribution in [3.63, 3.8) is 0 Å². The Balaban J connectivity index is 1.80. The summed E-state index contributed by atoms with van der Waals surface area (Å²) in [5, 5.41) is 9.10. The first-order valence-electron chi connectivity index (χ1n) is 6.95. The minimum absolute atomic E-state index is 0.0860. The fourth-order valence-corrected chi connectivity index (χ4v) is 2.91. The van der Waals surface area contributed by atoms with Crippen LogP contribution in [0.3, 0.4) is 0 Å². The van der Waals surface area contributed by atoms with Crippen molar-refractivity contribution in [1.82, 2.24) is 15.1 Å². The molecule has 5 nitrogen and oxygen atoms in total. The van der Waals surface area contributed by atoms with Crippen molar-refractivity contribution in [1.29, 1.82) is 0 Å². The Morgan fingerprint density at radius 1 is 1.27 bits per heavy atom. The highest BCUT2D eigenvalue weighted by Gasteiger charge is 2.11. The molecule has 0 aliphatic heterocycles. The lowest BCUT2D eigenvalue weighted by atomic mass is 10.2. The zero-order chi connectivity index (χ0) is 15.4. The molecule has 112 valence electrons. The van der Waals surface area contributed by atoms with E-state index in [1.807, 2.05) is 52.7 Å². The average Bonchev–Trinajstić information content (AvgIpc) is 3.22. The van der Waals surface area contributed by atoms with E-state index in [-0.39, 0.29) is 5.91 Å². The summed E-state index contributed by atoms with van der Waals surface area (Å²) in [6.07, 6.45) is 3.76. The number of benzene rings is 1. The number of para-hydroxylation sites is 1. The predicted octanol–water partition coefficient (Wildman–Crippen LogP) is 2.29. The van der Waals surface area contributed by atoms with E-state index in [2.05, 4.69) is 10.4 Å². The highest BCUT2D eigenvalue weighted by atomic mass is 32.1. The molecule has 0 spiro atoms. The number of nitrogens with zero attached hydrogens (tertiary/aromatic N) is 2. The van der Waals surface area contributed by atoms with Gasteiger partial charge >= 0.3 is 0 Å². The predicted molar refractivity (Wildman–Crippen MR) is 88.3 cm³/mol. The summed E-state index contributed by atoms with van der Waals surface area (Å²) >= 11 is 1.42. The quantitative estimate of drug-likeness (QED) is 0.759. The highest BCUT2D eigenvalue weighted by molar-refractivity contribution is 7.12. The normalized spacial score (nSPS) is 10.6. The van der Waals surface area contributed by atoms with Gasteiger partial charge in [0.15, 0.2) is 0 Å². The monoisotopic (exact) mass is 312 g/mol. The lowest BCUT2D eigenvalue weighted by Crippen LogP contribution is -2.28. The first kappa shape index (κ1) is 14.5. The van der Waals surface area contributed by atoms with Gasteiger partial charge in [0.05, 0.1) is 16.8 Å². The van der Waals surface area contributed by atoms with Crippen molar-refractivity contribution in [2.45, 2.75) is 0 Å². The second kappa shape index (κ2) is 6.55. The number of nitrogens with two attached hydrogens (primary N) is 1. The van der Waals surface area contributed by atoms with Crippen LogP contribution in [0.2, 0.25) is 0 Å². The average molecular weight is 312 g/mol. The number of rotatable bonds is 5. The molecule has 0 aliphatic rings. The molecule has 0 bridgehead atoms. The Morgan fingerprint density at radius 2 is 2.09 bits per heavy atom.